The van der Waals surface area contributed by atoms with Gasteiger partial charge >= 0.3 is 11.9 Å². The number of likely N-dealkylation sites (N-methyl/N-ethyl adjacent to an activating group) is 1. The number of carbonyl (C=O) groups excluding carboxylic acids is 2. The Bertz CT molecular complexity index is 1110. The van der Waals surface area contributed by atoms with Gasteiger partial charge in [0.05, 0.1) is 27.7 Å². The number of hydrogen-bond donors (Lipinski definition) is 0. The Morgan fingerprint density at radius 3 is 1.49 bits per heavy atom. The summed E-state index contributed by atoms with van der Waals surface area (Å²) in [6.07, 6.45) is 45.7. The van der Waals surface area contributed by atoms with Gasteiger partial charge in [-0.15, -0.1) is 0 Å². The Morgan fingerprint density at radius 1 is 0.561 bits per heavy atom. The minimum Gasteiger partial charge on any atom is -0.756 e. The lowest BCUT2D eigenvalue weighted by molar-refractivity contribution is -0.870. The molecule has 0 amide bonds. The van der Waals surface area contributed by atoms with E-state index in [1.165, 1.54) is 83.5 Å². The van der Waals surface area contributed by atoms with Crippen LogP contribution in [0.3, 0.4) is 0 Å². The zero-order chi connectivity index (χ0) is 42.1. The normalized spacial score (nSPS) is 14.0. The first kappa shape index (κ1) is 55.0. The van der Waals surface area contributed by atoms with Crippen molar-refractivity contribution < 1.29 is 42.1 Å². The van der Waals surface area contributed by atoms with Crippen LogP contribution in [0.4, 0.5) is 0 Å². The molecule has 0 aromatic heterocycles. The molecule has 0 spiro atoms. The van der Waals surface area contributed by atoms with Crippen molar-refractivity contribution in [2.75, 3.05) is 47.5 Å². The highest BCUT2D eigenvalue weighted by Crippen LogP contribution is 2.38. The summed E-state index contributed by atoms with van der Waals surface area (Å²) in [4.78, 5) is 37.5. The molecule has 0 fully saturated rings. The molecular formula is C47H86NO8P. The summed E-state index contributed by atoms with van der Waals surface area (Å²) < 4.78 is 33.9. The van der Waals surface area contributed by atoms with Crippen LogP contribution in [0.15, 0.2) is 48.6 Å². The summed E-state index contributed by atoms with van der Waals surface area (Å²) in [5, 5.41) is 0. The molecule has 0 aliphatic heterocycles. The summed E-state index contributed by atoms with van der Waals surface area (Å²) in [7, 11) is 1.16. The highest BCUT2D eigenvalue weighted by atomic mass is 31.2. The Labute approximate surface area is 350 Å². The summed E-state index contributed by atoms with van der Waals surface area (Å²) in [6, 6.07) is 0. The molecule has 0 aliphatic carbocycles. The van der Waals surface area contributed by atoms with Gasteiger partial charge in [0.1, 0.15) is 19.8 Å². The van der Waals surface area contributed by atoms with Crippen LogP contribution in [0.25, 0.3) is 0 Å². The second-order valence-corrected chi connectivity index (χ2v) is 17.8. The van der Waals surface area contributed by atoms with E-state index in [1.807, 2.05) is 21.1 Å². The first-order valence-corrected chi connectivity index (χ1v) is 24.3. The lowest BCUT2D eigenvalue weighted by Crippen LogP contribution is -2.37. The van der Waals surface area contributed by atoms with Crippen LogP contribution in [0.1, 0.15) is 187 Å². The Hall–Kier alpha value is -2.03. The fraction of sp³-hybridized carbons (Fsp3) is 0.787. The van der Waals surface area contributed by atoms with Crippen LogP contribution in [0, 0.1) is 0 Å². The van der Waals surface area contributed by atoms with Crippen molar-refractivity contribution in [1.29, 1.82) is 0 Å². The predicted molar refractivity (Wildman–Crippen MR) is 236 cm³/mol. The number of quaternary nitrogens is 1. The van der Waals surface area contributed by atoms with Crippen molar-refractivity contribution >= 4 is 19.8 Å². The molecule has 0 bridgehead atoms. The number of esters is 2. The number of unbranched alkanes of at least 4 members (excludes halogenated alkanes) is 19. The van der Waals surface area contributed by atoms with Crippen molar-refractivity contribution in [2.24, 2.45) is 0 Å². The summed E-state index contributed by atoms with van der Waals surface area (Å²) in [5.74, 6) is -0.840. The molecule has 9 nitrogen and oxygen atoms in total. The fourth-order valence-corrected chi connectivity index (χ4v) is 6.79. The lowest BCUT2D eigenvalue weighted by atomic mass is 10.0. The van der Waals surface area contributed by atoms with E-state index in [4.69, 9.17) is 18.5 Å². The maximum absolute atomic E-state index is 12.7. The highest BCUT2D eigenvalue weighted by molar-refractivity contribution is 7.45. The Balaban J connectivity index is 4.24. The van der Waals surface area contributed by atoms with Crippen LogP contribution in [-0.4, -0.2) is 70.0 Å². The topological polar surface area (TPSA) is 111 Å². The molecular weight excluding hydrogens is 737 g/mol. The Kier molecular flexibility index (Phi) is 38.0. The number of ether oxygens (including phenoxy) is 2. The van der Waals surface area contributed by atoms with Crippen molar-refractivity contribution in [2.45, 2.75) is 193 Å². The molecule has 332 valence electrons. The third kappa shape index (κ3) is 43.4. The summed E-state index contributed by atoms with van der Waals surface area (Å²) in [6.45, 7) is 4.10. The maximum atomic E-state index is 12.7. The molecule has 0 rings (SSSR count). The SMILES string of the molecule is CC/C=C\C/C=C\C/C=C\C/C=C\CCCCCCCCCCCCC(=O)OC(COC(=O)CCCCCCCCCCCC)COP(=O)([O-])OCC[N+](C)(C)C. The highest BCUT2D eigenvalue weighted by Gasteiger charge is 2.21. The van der Waals surface area contributed by atoms with Crippen LogP contribution in [0.2, 0.25) is 0 Å². The van der Waals surface area contributed by atoms with Gasteiger partial charge in [0, 0.05) is 12.8 Å². The molecule has 0 radical (unpaired) electrons. The van der Waals surface area contributed by atoms with Gasteiger partial charge in [-0.1, -0.05) is 172 Å². The largest absolute Gasteiger partial charge is 0.756 e. The smallest absolute Gasteiger partial charge is 0.306 e. The Morgan fingerprint density at radius 2 is 1.00 bits per heavy atom. The molecule has 0 aliphatic rings. The molecule has 0 N–H and O–H groups in total. The molecule has 0 saturated heterocycles. The van der Waals surface area contributed by atoms with E-state index < -0.39 is 26.5 Å². The molecule has 57 heavy (non-hydrogen) atoms. The van der Waals surface area contributed by atoms with Gasteiger partial charge in [-0.3, -0.25) is 14.2 Å². The minimum atomic E-state index is -4.62. The fourth-order valence-electron chi connectivity index (χ4n) is 6.06. The second-order valence-electron chi connectivity index (χ2n) is 16.4. The van der Waals surface area contributed by atoms with E-state index in [0.717, 1.165) is 70.6 Å². The molecule has 10 heteroatoms. The summed E-state index contributed by atoms with van der Waals surface area (Å²) in [5.41, 5.74) is 0. The van der Waals surface area contributed by atoms with E-state index in [2.05, 4.69) is 62.5 Å². The van der Waals surface area contributed by atoms with Gasteiger partial charge in [-0.2, -0.15) is 0 Å². The quantitative estimate of drug-likeness (QED) is 0.0197. The number of rotatable bonds is 41. The zero-order valence-electron chi connectivity index (χ0n) is 37.3. The monoisotopic (exact) mass is 824 g/mol. The molecule has 2 atom stereocenters. The van der Waals surface area contributed by atoms with Crippen molar-refractivity contribution in [3.05, 3.63) is 48.6 Å². The van der Waals surface area contributed by atoms with Gasteiger partial charge in [-0.05, 0) is 51.4 Å². The number of phosphoric ester groups is 1. The van der Waals surface area contributed by atoms with Crippen LogP contribution >= 0.6 is 7.82 Å². The van der Waals surface area contributed by atoms with E-state index in [9.17, 15) is 19.0 Å². The summed E-state index contributed by atoms with van der Waals surface area (Å²) >= 11 is 0. The van der Waals surface area contributed by atoms with Gasteiger partial charge < -0.3 is 27.9 Å². The van der Waals surface area contributed by atoms with E-state index in [-0.39, 0.29) is 32.0 Å². The second kappa shape index (κ2) is 39.4. The number of nitrogens with zero attached hydrogens (tertiary/aromatic N) is 1. The van der Waals surface area contributed by atoms with Gasteiger partial charge in [0.15, 0.2) is 6.10 Å². The first-order valence-electron chi connectivity index (χ1n) is 22.8. The molecule has 0 heterocycles. The van der Waals surface area contributed by atoms with E-state index in [0.29, 0.717) is 17.4 Å². The first-order chi connectivity index (χ1) is 27.5. The third-order valence-corrected chi connectivity index (χ3v) is 10.6. The molecule has 0 saturated carbocycles. The molecule has 0 aromatic carbocycles. The average Bonchev–Trinajstić information content (AvgIpc) is 3.16. The van der Waals surface area contributed by atoms with Crippen molar-refractivity contribution in [1.82, 2.24) is 0 Å². The van der Waals surface area contributed by atoms with Gasteiger partial charge in [-0.25, -0.2) is 0 Å². The van der Waals surface area contributed by atoms with Crippen molar-refractivity contribution in [3.8, 4) is 0 Å². The van der Waals surface area contributed by atoms with Crippen LogP contribution < -0.4 is 4.89 Å². The van der Waals surface area contributed by atoms with Crippen LogP contribution in [-0.2, 0) is 32.7 Å². The number of phosphoric acid groups is 1. The number of hydrogen-bond acceptors (Lipinski definition) is 8. The van der Waals surface area contributed by atoms with Gasteiger partial charge in [0.2, 0.25) is 0 Å². The number of carbonyl (C=O) groups is 2. The van der Waals surface area contributed by atoms with Gasteiger partial charge in [0.25, 0.3) is 7.82 Å². The van der Waals surface area contributed by atoms with E-state index in [1.54, 1.807) is 0 Å². The van der Waals surface area contributed by atoms with Crippen LogP contribution in [0.5, 0.6) is 0 Å². The predicted octanol–water partition coefficient (Wildman–Crippen LogP) is 12.4. The van der Waals surface area contributed by atoms with Crippen molar-refractivity contribution in [3.63, 3.8) is 0 Å². The molecule has 0 aromatic rings. The maximum Gasteiger partial charge on any atom is 0.306 e. The standard InChI is InChI=1S/C47H86NO8P/c1-6-8-10-12-14-16-18-19-20-21-22-23-24-25-26-27-28-29-30-32-34-36-38-40-47(50)56-45(44-55-57(51,52)54-42-41-48(3,4)5)43-53-46(49)39-37-35-33-31-17-15-13-11-9-7-2/h8,10,14,16,19-20,22-23,45H,6-7,9,11-13,15,17-18,21,24-44H2,1-5H3/b10-8-,16-14-,20-19-,23-22-. The average molecular weight is 824 g/mol. The van der Waals surface area contributed by atoms with E-state index >= 15 is 0 Å². The molecule has 2 unspecified atom stereocenters. The minimum absolute atomic E-state index is 0.0319. The number of allylic oxidation sites excluding steroid dienone is 8. The third-order valence-electron chi connectivity index (χ3n) is 9.61. The lowest BCUT2D eigenvalue weighted by Gasteiger charge is -2.28. The zero-order valence-corrected chi connectivity index (χ0v) is 38.2.